The van der Waals surface area contributed by atoms with Gasteiger partial charge in [-0.05, 0) is 54.7 Å². The molecule has 184 valence electrons. The Labute approximate surface area is 215 Å². The molecule has 2 atom stereocenters. The van der Waals surface area contributed by atoms with Gasteiger partial charge in [0.15, 0.2) is 0 Å². The SMILES string of the molecule is C[C@@H]1CCC[C@H](N2CCC(c3cccc(Cl)c3F)=CC2=O)c2cc(ccn2)-c2ccccc2NC1=O. The third-order valence-electron chi connectivity index (χ3n) is 7.06. The fraction of sp³-hybridized carbons (Fsp3) is 0.276. The van der Waals surface area contributed by atoms with Gasteiger partial charge in [0, 0.05) is 41.5 Å². The van der Waals surface area contributed by atoms with E-state index in [-0.39, 0.29) is 28.8 Å². The van der Waals surface area contributed by atoms with Crippen LogP contribution in [0.25, 0.3) is 16.7 Å². The number of para-hydroxylation sites is 1. The summed E-state index contributed by atoms with van der Waals surface area (Å²) in [5.74, 6) is -0.859. The van der Waals surface area contributed by atoms with Crippen LogP contribution in [-0.4, -0.2) is 28.2 Å². The highest BCUT2D eigenvalue weighted by Crippen LogP contribution is 2.36. The lowest BCUT2D eigenvalue weighted by atomic mass is 9.93. The molecule has 0 unspecified atom stereocenters. The summed E-state index contributed by atoms with van der Waals surface area (Å²) in [4.78, 5) is 32.7. The topological polar surface area (TPSA) is 62.3 Å². The van der Waals surface area contributed by atoms with Gasteiger partial charge in [-0.15, -0.1) is 0 Å². The van der Waals surface area contributed by atoms with Crippen LogP contribution in [0.15, 0.2) is 66.9 Å². The zero-order chi connectivity index (χ0) is 25.2. The number of halogens is 2. The maximum absolute atomic E-state index is 14.6. The molecule has 2 bridgehead atoms. The van der Waals surface area contributed by atoms with Crippen molar-refractivity contribution in [2.75, 3.05) is 11.9 Å². The number of carbonyl (C=O) groups is 2. The van der Waals surface area contributed by atoms with Gasteiger partial charge in [0.2, 0.25) is 11.8 Å². The monoisotopic (exact) mass is 503 g/mol. The number of hydrogen-bond acceptors (Lipinski definition) is 3. The predicted molar refractivity (Wildman–Crippen MR) is 140 cm³/mol. The molecule has 0 radical (unpaired) electrons. The van der Waals surface area contributed by atoms with E-state index >= 15 is 0 Å². The van der Waals surface area contributed by atoms with Crippen LogP contribution in [0, 0.1) is 11.7 Å². The second-order valence-corrected chi connectivity index (χ2v) is 9.81. The zero-order valence-corrected chi connectivity index (χ0v) is 20.8. The first-order chi connectivity index (χ1) is 17.4. The fourth-order valence-corrected chi connectivity index (χ4v) is 5.21. The molecule has 1 aromatic heterocycles. The standard InChI is InChI=1S/C29H27ClFN3O2/c1-18-6-4-11-26(34-15-13-20(17-27(34)35)22-8-5-9-23(30)28(22)31)25-16-19(12-14-32-25)21-7-2-3-10-24(21)33-29(18)36/h2-3,5,7-10,12,14,16-18,26H,4,6,11,13,15H2,1H3,(H,33,36)/t18-,26+/m1/s1. The molecule has 0 fully saturated rings. The molecule has 36 heavy (non-hydrogen) atoms. The predicted octanol–water partition coefficient (Wildman–Crippen LogP) is 6.66. The van der Waals surface area contributed by atoms with Crippen LogP contribution in [0.5, 0.6) is 0 Å². The van der Waals surface area contributed by atoms with Gasteiger partial charge in [-0.2, -0.15) is 0 Å². The molecule has 5 nitrogen and oxygen atoms in total. The van der Waals surface area contributed by atoms with E-state index in [2.05, 4.69) is 10.3 Å². The van der Waals surface area contributed by atoms with Gasteiger partial charge in [-0.1, -0.05) is 55.3 Å². The van der Waals surface area contributed by atoms with Crippen molar-refractivity contribution in [3.8, 4) is 11.1 Å². The Kier molecular flexibility index (Phi) is 6.88. The van der Waals surface area contributed by atoms with E-state index in [1.165, 1.54) is 12.1 Å². The number of fused-ring (bicyclic) bond motifs is 4. The van der Waals surface area contributed by atoms with Crippen LogP contribution < -0.4 is 5.32 Å². The maximum Gasteiger partial charge on any atom is 0.247 e. The number of aromatic nitrogens is 1. The van der Waals surface area contributed by atoms with Crippen molar-refractivity contribution < 1.29 is 14.0 Å². The molecular weight excluding hydrogens is 477 g/mol. The van der Waals surface area contributed by atoms with E-state index in [1.54, 1.807) is 18.3 Å². The highest BCUT2D eigenvalue weighted by Gasteiger charge is 2.30. The molecule has 3 aromatic rings. The zero-order valence-electron chi connectivity index (χ0n) is 20.0. The lowest BCUT2D eigenvalue weighted by molar-refractivity contribution is -0.129. The number of benzene rings is 2. The summed E-state index contributed by atoms with van der Waals surface area (Å²) in [6, 6.07) is 16.2. The van der Waals surface area contributed by atoms with Crippen LogP contribution in [0.4, 0.5) is 10.1 Å². The van der Waals surface area contributed by atoms with E-state index in [1.807, 2.05) is 48.2 Å². The highest BCUT2D eigenvalue weighted by molar-refractivity contribution is 6.31. The molecule has 3 heterocycles. The lowest BCUT2D eigenvalue weighted by Gasteiger charge is -2.34. The van der Waals surface area contributed by atoms with E-state index < -0.39 is 5.82 Å². The highest BCUT2D eigenvalue weighted by atomic mass is 35.5. The second kappa shape index (κ2) is 10.2. The maximum atomic E-state index is 14.6. The Bertz CT molecular complexity index is 1360. The number of nitrogens with zero attached hydrogens (tertiary/aromatic N) is 2. The smallest absolute Gasteiger partial charge is 0.247 e. The number of rotatable bonds is 2. The van der Waals surface area contributed by atoms with Crippen molar-refractivity contribution in [2.45, 2.75) is 38.6 Å². The van der Waals surface area contributed by atoms with Gasteiger partial charge < -0.3 is 10.2 Å². The van der Waals surface area contributed by atoms with Gasteiger partial charge in [0.25, 0.3) is 0 Å². The molecule has 2 aliphatic heterocycles. The Balaban J connectivity index is 1.52. The summed E-state index contributed by atoms with van der Waals surface area (Å²) in [5.41, 5.74) is 4.41. The first-order valence-electron chi connectivity index (χ1n) is 12.2. The summed E-state index contributed by atoms with van der Waals surface area (Å²) in [6.45, 7) is 2.37. The molecular formula is C29H27ClFN3O2. The van der Waals surface area contributed by atoms with Gasteiger partial charge in [-0.25, -0.2) is 4.39 Å². The first-order valence-corrected chi connectivity index (χ1v) is 12.6. The number of anilines is 1. The number of nitrogens with one attached hydrogen (secondary N) is 1. The van der Waals surface area contributed by atoms with Crippen LogP contribution in [0.1, 0.15) is 49.9 Å². The van der Waals surface area contributed by atoms with Crippen molar-refractivity contribution in [1.29, 1.82) is 0 Å². The average molecular weight is 504 g/mol. The molecule has 2 aliphatic rings. The van der Waals surface area contributed by atoms with Gasteiger partial charge in [-0.3, -0.25) is 14.6 Å². The third-order valence-corrected chi connectivity index (χ3v) is 7.35. The van der Waals surface area contributed by atoms with Crippen molar-refractivity contribution in [3.05, 3.63) is 89.0 Å². The summed E-state index contributed by atoms with van der Waals surface area (Å²) < 4.78 is 14.6. The lowest BCUT2D eigenvalue weighted by Crippen LogP contribution is -2.38. The van der Waals surface area contributed by atoms with E-state index in [0.717, 1.165) is 28.9 Å². The minimum Gasteiger partial charge on any atom is -0.330 e. The molecule has 0 spiro atoms. The minimum absolute atomic E-state index is 0.0148. The van der Waals surface area contributed by atoms with E-state index in [4.69, 9.17) is 11.6 Å². The Morgan fingerprint density at radius 3 is 2.69 bits per heavy atom. The Morgan fingerprint density at radius 2 is 1.86 bits per heavy atom. The van der Waals surface area contributed by atoms with Crippen molar-refractivity contribution in [1.82, 2.24) is 9.88 Å². The quantitative estimate of drug-likeness (QED) is 0.425. The number of hydrogen-bond donors (Lipinski definition) is 1. The molecule has 7 heteroatoms. The minimum atomic E-state index is -0.502. The molecule has 2 amide bonds. The van der Waals surface area contributed by atoms with Gasteiger partial charge >= 0.3 is 0 Å². The summed E-state index contributed by atoms with van der Waals surface area (Å²) in [7, 11) is 0. The number of carbonyl (C=O) groups excluding carboxylic acids is 2. The Morgan fingerprint density at radius 1 is 1.06 bits per heavy atom. The molecule has 2 aromatic carbocycles. The molecule has 0 saturated heterocycles. The van der Waals surface area contributed by atoms with Crippen LogP contribution in [-0.2, 0) is 9.59 Å². The van der Waals surface area contributed by atoms with Crippen molar-refractivity contribution in [2.24, 2.45) is 5.92 Å². The number of amides is 2. The van der Waals surface area contributed by atoms with Crippen LogP contribution in [0.2, 0.25) is 5.02 Å². The second-order valence-electron chi connectivity index (χ2n) is 9.40. The summed E-state index contributed by atoms with van der Waals surface area (Å²) >= 11 is 5.97. The normalized spacial score (nSPS) is 20.5. The van der Waals surface area contributed by atoms with Gasteiger partial charge in [0.1, 0.15) is 5.82 Å². The number of pyridine rings is 1. The van der Waals surface area contributed by atoms with Crippen molar-refractivity contribution >= 4 is 34.7 Å². The Hall–Kier alpha value is -3.51. The molecule has 5 rings (SSSR count). The van der Waals surface area contributed by atoms with E-state index in [0.29, 0.717) is 36.9 Å². The molecule has 0 aliphatic carbocycles. The van der Waals surface area contributed by atoms with Crippen LogP contribution in [0.3, 0.4) is 0 Å². The average Bonchev–Trinajstić information content (AvgIpc) is 2.88. The summed E-state index contributed by atoms with van der Waals surface area (Å²) in [6.07, 6.45) is 5.92. The van der Waals surface area contributed by atoms with Crippen LogP contribution >= 0.6 is 11.6 Å². The largest absolute Gasteiger partial charge is 0.330 e. The van der Waals surface area contributed by atoms with Gasteiger partial charge in [0.05, 0.1) is 16.8 Å². The fourth-order valence-electron chi connectivity index (χ4n) is 5.04. The van der Waals surface area contributed by atoms with Crippen molar-refractivity contribution in [3.63, 3.8) is 0 Å². The summed E-state index contributed by atoms with van der Waals surface area (Å²) in [5, 5.41) is 3.12. The molecule has 0 saturated carbocycles. The third kappa shape index (κ3) is 4.78. The molecule has 1 N–H and O–H groups in total. The first kappa shape index (κ1) is 24.2. The van der Waals surface area contributed by atoms with E-state index in [9.17, 15) is 14.0 Å².